The van der Waals surface area contributed by atoms with E-state index < -0.39 is 0 Å². The highest BCUT2D eigenvalue weighted by atomic mass is 79.9. The van der Waals surface area contributed by atoms with Crippen LogP contribution in [-0.2, 0) is 13.1 Å². The Bertz CT molecular complexity index is 1060. The van der Waals surface area contributed by atoms with Crippen molar-refractivity contribution < 1.29 is 4.74 Å². The van der Waals surface area contributed by atoms with Crippen LogP contribution >= 0.6 is 15.9 Å². The number of nitrogens with zero attached hydrogens (tertiary/aromatic N) is 4. The topological polar surface area (TPSA) is 72.3 Å². The van der Waals surface area contributed by atoms with E-state index in [0.717, 1.165) is 60.2 Å². The third-order valence-corrected chi connectivity index (χ3v) is 6.12. The third kappa shape index (κ3) is 5.06. The molecule has 0 atom stereocenters. The number of ether oxygens (including phenoxy) is 1. The van der Waals surface area contributed by atoms with Gasteiger partial charge in [-0.3, -0.25) is 14.8 Å². The highest BCUT2D eigenvalue weighted by Crippen LogP contribution is 2.17. The van der Waals surface area contributed by atoms with Crippen molar-refractivity contribution in [2.24, 2.45) is 0 Å². The van der Waals surface area contributed by atoms with Crippen LogP contribution in [0, 0.1) is 0 Å². The van der Waals surface area contributed by atoms with Gasteiger partial charge < -0.3 is 19.5 Å². The molecular weight excluding hydrogens is 446 g/mol. The number of hydrogen-bond donors (Lipinski definition) is 1. The molecule has 1 fully saturated rings. The molecule has 1 aliphatic rings. The summed E-state index contributed by atoms with van der Waals surface area (Å²) in [6, 6.07) is 9.73. The minimum absolute atomic E-state index is 0.00405. The standard InChI is InChI=1S/C22H26BrN5O2/c1-30-19-13-21-20(26-15-19)2-3-22(29)28(21)11-10-27-8-5-17(6-9-27)25-14-18-12-16(23)4-7-24-18/h2-4,7,12-13,15,17,25H,5-6,8-11,14H2,1H3. The first-order chi connectivity index (χ1) is 14.6. The minimum Gasteiger partial charge on any atom is -0.495 e. The highest BCUT2D eigenvalue weighted by Gasteiger charge is 2.19. The SMILES string of the molecule is COc1cnc2ccc(=O)n(CCN3CCC(NCc4cc(Br)ccn4)CC3)c2c1. The zero-order valence-electron chi connectivity index (χ0n) is 17.1. The van der Waals surface area contributed by atoms with Crippen molar-refractivity contribution in [3.8, 4) is 5.75 Å². The zero-order valence-corrected chi connectivity index (χ0v) is 18.6. The van der Waals surface area contributed by atoms with E-state index in [-0.39, 0.29) is 5.56 Å². The quantitative estimate of drug-likeness (QED) is 0.571. The van der Waals surface area contributed by atoms with E-state index in [1.165, 1.54) is 0 Å². The van der Waals surface area contributed by atoms with Crippen LogP contribution in [0.5, 0.6) is 5.75 Å². The maximum atomic E-state index is 12.5. The second-order valence-electron chi connectivity index (χ2n) is 7.56. The van der Waals surface area contributed by atoms with E-state index in [9.17, 15) is 4.79 Å². The lowest BCUT2D eigenvalue weighted by molar-refractivity contribution is 0.191. The van der Waals surface area contributed by atoms with Crippen molar-refractivity contribution in [3.63, 3.8) is 0 Å². The molecule has 1 saturated heterocycles. The van der Waals surface area contributed by atoms with Crippen LogP contribution in [0.25, 0.3) is 11.0 Å². The Balaban J connectivity index is 1.32. The van der Waals surface area contributed by atoms with Crippen LogP contribution in [0.3, 0.4) is 0 Å². The molecule has 0 saturated carbocycles. The fraction of sp³-hybridized carbons (Fsp3) is 0.409. The number of pyridine rings is 3. The van der Waals surface area contributed by atoms with Gasteiger partial charge in [-0.25, -0.2) is 0 Å². The average Bonchev–Trinajstić information content (AvgIpc) is 2.77. The van der Waals surface area contributed by atoms with Crippen LogP contribution in [0.1, 0.15) is 18.5 Å². The van der Waals surface area contributed by atoms with Crippen molar-refractivity contribution in [1.82, 2.24) is 24.8 Å². The van der Waals surface area contributed by atoms with E-state index in [0.29, 0.717) is 18.3 Å². The maximum absolute atomic E-state index is 12.5. The smallest absolute Gasteiger partial charge is 0.251 e. The second kappa shape index (κ2) is 9.68. The first-order valence-electron chi connectivity index (χ1n) is 10.2. The molecular formula is C22H26BrN5O2. The van der Waals surface area contributed by atoms with Gasteiger partial charge in [0, 0.05) is 48.5 Å². The van der Waals surface area contributed by atoms with Crippen LogP contribution in [0.4, 0.5) is 0 Å². The van der Waals surface area contributed by atoms with Crippen LogP contribution in [-0.4, -0.2) is 52.2 Å². The summed E-state index contributed by atoms with van der Waals surface area (Å²) in [5.74, 6) is 0.661. The van der Waals surface area contributed by atoms with Crippen molar-refractivity contribution in [3.05, 3.63) is 63.2 Å². The summed E-state index contributed by atoms with van der Waals surface area (Å²) in [7, 11) is 1.61. The lowest BCUT2D eigenvalue weighted by atomic mass is 10.0. The molecule has 7 nitrogen and oxygen atoms in total. The first kappa shape index (κ1) is 21.0. The van der Waals surface area contributed by atoms with Gasteiger partial charge in [-0.05, 0) is 44.1 Å². The minimum atomic E-state index is -0.00405. The number of methoxy groups -OCH3 is 1. The molecule has 0 aromatic carbocycles. The van der Waals surface area contributed by atoms with Gasteiger partial charge in [0.05, 0.1) is 30.0 Å². The third-order valence-electron chi connectivity index (χ3n) is 5.63. The summed E-state index contributed by atoms with van der Waals surface area (Å²) in [4.78, 5) is 23.7. The van der Waals surface area contributed by atoms with Crippen molar-refractivity contribution in [2.45, 2.75) is 32.0 Å². The Morgan fingerprint density at radius 1 is 1.17 bits per heavy atom. The number of piperidine rings is 1. The molecule has 0 aliphatic carbocycles. The Labute approximate surface area is 184 Å². The van der Waals surface area contributed by atoms with Gasteiger partial charge in [-0.1, -0.05) is 15.9 Å². The number of rotatable bonds is 7. The van der Waals surface area contributed by atoms with E-state index >= 15 is 0 Å². The number of hydrogen-bond acceptors (Lipinski definition) is 6. The molecule has 4 heterocycles. The summed E-state index contributed by atoms with van der Waals surface area (Å²) >= 11 is 3.49. The van der Waals surface area contributed by atoms with Gasteiger partial charge in [0.2, 0.25) is 0 Å². The molecule has 0 bridgehead atoms. The highest BCUT2D eigenvalue weighted by molar-refractivity contribution is 9.10. The lowest BCUT2D eigenvalue weighted by Gasteiger charge is -2.32. The predicted octanol–water partition coefficient (Wildman–Crippen LogP) is 2.82. The molecule has 4 rings (SSSR count). The van der Waals surface area contributed by atoms with Crippen molar-refractivity contribution in [1.29, 1.82) is 0 Å². The molecule has 0 radical (unpaired) electrons. The van der Waals surface area contributed by atoms with Crippen LogP contribution in [0.15, 0.2) is 52.0 Å². The Kier molecular flexibility index (Phi) is 6.76. The Morgan fingerprint density at radius 2 is 2.00 bits per heavy atom. The number of fused-ring (bicyclic) bond motifs is 1. The second-order valence-corrected chi connectivity index (χ2v) is 8.48. The number of likely N-dealkylation sites (tertiary alicyclic amines) is 1. The normalized spacial score (nSPS) is 15.5. The van der Waals surface area contributed by atoms with Gasteiger partial charge in [-0.15, -0.1) is 0 Å². The summed E-state index contributed by atoms with van der Waals surface area (Å²) in [6.45, 7) is 4.31. The largest absolute Gasteiger partial charge is 0.495 e. The van der Waals surface area contributed by atoms with E-state index in [2.05, 4.69) is 36.1 Å². The summed E-state index contributed by atoms with van der Waals surface area (Å²) in [5, 5.41) is 3.62. The summed E-state index contributed by atoms with van der Waals surface area (Å²) < 4.78 is 8.14. The lowest BCUT2D eigenvalue weighted by Crippen LogP contribution is -2.43. The van der Waals surface area contributed by atoms with Gasteiger partial charge in [0.25, 0.3) is 5.56 Å². The van der Waals surface area contributed by atoms with E-state index in [4.69, 9.17) is 4.74 Å². The first-order valence-corrected chi connectivity index (χ1v) is 11.0. The van der Waals surface area contributed by atoms with Crippen LogP contribution < -0.4 is 15.6 Å². The summed E-state index contributed by atoms with van der Waals surface area (Å²) in [5.41, 5.74) is 2.67. The van der Waals surface area contributed by atoms with Gasteiger partial charge in [0.1, 0.15) is 5.75 Å². The maximum Gasteiger partial charge on any atom is 0.251 e. The zero-order chi connectivity index (χ0) is 20.9. The molecule has 8 heteroatoms. The van der Waals surface area contributed by atoms with E-state index in [1.807, 2.05) is 24.4 Å². The van der Waals surface area contributed by atoms with Crippen LogP contribution in [0.2, 0.25) is 0 Å². The fourth-order valence-electron chi connectivity index (χ4n) is 3.89. The number of aromatic nitrogens is 3. The van der Waals surface area contributed by atoms with Gasteiger partial charge in [-0.2, -0.15) is 0 Å². The van der Waals surface area contributed by atoms with E-state index in [1.54, 1.807) is 30.0 Å². The predicted molar refractivity (Wildman–Crippen MR) is 121 cm³/mol. The molecule has 1 N–H and O–H groups in total. The number of nitrogens with one attached hydrogen (secondary N) is 1. The molecule has 30 heavy (non-hydrogen) atoms. The monoisotopic (exact) mass is 471 g/mol. The molecule has 3 aromatic heterocycles. The average molecular weight is 472 g/mol. The molecule has 1 aliphatic heterocycles. The van der Waals surface area contributed by atoms with Gasteiger partial charge >= 0.3 is 0 Å². The van der Waals surface area contributed by atoms with Gasteiger partial charge in [0.15, 0.2) is 0 Å². The fourth-order valence-corrected chi connectivity index (χ4v) is 4.27. The summed E-state index contributed by atoms with van der Waals surface area (Å²) in [6.07, 6.45) is 5.68. The Morgan fingerprint density at radius 3 is 2.77 bits per heavy atom. The molecule has 0 amide bonds. The number of halogens is 1. The molecule has 3 aromatic rings. The molecule has 158 valence electrons. The molecule has 0 spiro atoms. The van der Waals surface area contributed by atoms with Crippen molar-refractivity contribution >= 4 is 27.0 Å². The Hall–Kier alpha value is -2.29. The van der Waals surface area contributed by atoms with Crippen molar-refractivity contribution in [2.75, 3.05) is 26.7 Å². The molecule has 0 unspecified atom stereocenters.